The maximum Gasteiger partial charge on any atom is 0.208 e. The predicted molar refractivity (Wildman–Crippen MR) is 81.7 cm³/mol. The Hall–Kier alpha value is -1.52. The molecule has 0 spiro atoms. The van der Waals surface area contributed by atoms with E-state index in [0.717, 1.165) is 31.2 Å². The molecule has 21 heavy (non-hydrogen) atoms. The van der Waals surface area contributed by atoms with Crippen molar-refractivity contribution in [1.29, 1.82) is 0 Å². The van der Waals surface area contributed by atoms with Crippen LogP contribution < -0.4 is 0 Å². The lowest BCUT2D eigenvalue weighted by molar-refractivity contribution is 0.475. The monoisotopic (exact) mass is 322 g/mol. The van der Waals surface area contributed by atoms with Gasteiger partial charge in [0, 0.05) is 0 Å². The maximum atomic E-state index is 12.7. The molecule has 1 aliphatic rings. The Kier molecular flexibility index (Phi) is 3.68. The minimum absolute atomic E-state index is 0.0257. The minimum Gasteiger partial charge on any atom is -0.508 e. The molecule has 5 heteroatoms. The van der Waals surface area contributed by atoms with E-state index >= 15 is 0 Å². The van der Waals surface area contributed by atoms with Gasteiger partial charge in [-0.2, -0.15) is 0 Å². The number of rotatable bonds is 2. The predicted octanol–water partition coefficient (Wildman–Crippen LogP) is 3.76. The summed E-state index contributed by atoms with van der Waals surface area (Å²) in [6.45, 7) is 0. The number of halogens is 1. The van der Waals surface area contributed by atoms with Crippen molar-refractivity contribution in [2.45, 2.75) is 35.5 Å². The van der Waals surface area contributed by atoms with Crippen LogP contribution in [0.1, 0.15) is 24.0 Å². The summed E-state index contributed by atoms with van der Waals surface area (Å²) in [4.78, 5) is 0.286. The molecule has 2 aromatic carbocycles. The van der Waals surface area contributed by atoms with E-state index in [0.29, 0.717) is 0 Å². The van der Waals surface area contributed by atoms with Gasteiger partial charge in [-0.1, -0.05) is 17.7 Å². The van der Waals surface area contributed by atoms with Crippen LogP contribution in [0.3, 0.4) is 0 Å². The molecule has 2 aromatic rings. The summed E-state index contributed by atoms with van der Waals surface area (Å²) in [6, 6.07) is 9.21. The van der Waals surface area contributed by atoms with Crippen LogP contribution in [-0.4, -0.2) is 13.5 Å². The topological polar surface area (TPSA) is 54.4 Å². The molecule has 1 aliphatic carbocycles. The molecule has 0 aromatic heterocycles. The average Bonchev–Trinajstić information content (AvgIpc) is 2.46. The number of hydrogen-bond donors (Lipinski definition) is 1. The lowest BCUT2D eigenvalue weighted by atomic mass is 9.92. The van der Waals surface area contributed by atoms with E-state index in [-0.39, 0.29) is 20.6 Å². The summed E-state index contributed by atoms with van der Waals surface area (Å²) in [5, 5.41) is 9.39. The normalized spacial score (nSPS) is 14.7. The van der Waals surface area contributed by atoms with Crippen molar-refractivity contribution in [3.05, 3.63) is 52.5 Å². The fourth-order valence-corrected chi connectivity index (χ4v) is 4.55. The van der Waals surface area contributed by atoms with Gasteiger partial charge in [0.1, 0.15) is 5.75 Å². The minimum atomic E-state index is -3.66. The zero-order chi connectivity index (χ0) is 15.0. The number of aromatic hydroxyl groups is 1. The summed E-state index contributed by atoms with van der Waals surface area (Å²) in [7, 11) is -3.66. The highest BCUT2D eigenvalue weighted by Gasteiger charge is 2.22. The van der Waals surface area contributed by atoms with Crippen LogP contribution in [0.25, 0.3) is 0 Å². The van der Waals surface area contributed by atoms with Crippen LogP contribution in [0.2, 0.25) is 5.02 Å². The van der Waals surface area contributed by atoms with E-state index < -0.39 is 9.84 Å². The first-order valence-corrected chi connectivity index (χ1v) is 8.70. The highest BCUT2D eigenvalue weighted by atomic mass is 35.5. The summed E-state index contributed by atoms with van der Waals surface area (Å²) < 4.78 is 25.4. The van der Waals surface area contributed by atoms with Crippen LogP contribution in [0, 0.1) is 0 Å². The number of sulfone groups is 1. The molecule has 0 aliphatic heterocycles. The van der Waals surface area contributed by atoms with E-state index in [1.807, 2.05) is 6.07 Å². The third kappa shape index (κ3) is 2.65. The number of hydrogen-bond acceptors (Lipinski definition) is 3. The molecule has 0 amide bonds. The molecule has 0 fully saturated rings. The lowest BCUT2D eigenvalue weighted by Crippen LogP contribution is -2.07. The molecule has 0 atom stereocenters. The lowest BCUT2D eigenvalue weighted by Gasteiger charge is -2.17. The highest BCUT2D eigenvalue weighted by molar-refractivity contribution is 7.91. The molecule has 1 N–H and O–H groups in total. The number of benzene rings is 2. The van der Waals surface area contributed by atoms with Gasteiger partial charge in [0.05, 0.1) is 14.8 Å². The van der Waals surface area contributed by atoms with Crippen LogP contribution in [0.5, 0.6) is 5.75 Å². The molecule has 0 saturated carbocycles. The molecular formula is C16H15ClO3S. The van der Waals surface area contributed by atoms with Crippen molar-refractivity contribution >= 4 is 21.4 Å². The van der Waals surface area contributed by atoms with Crippen molar-refractivity contribution in [1.82, 2.24) is 0 Å². The first kappa shape index (κ1) is 14.4. The zero-order valence-corrected chi connectivity index (χ0v) is 12.9. The van der Waals surface area contributed by atoms with Crippen LogP contribution in [0.4, 0.5) is 0 Å². The standard InChI is InChI=1S/C16H15ClO3S/c17-15-10-13(18)6-8-16(15)21(19,20)14-7-5-11-3-1-2-4-12(11)9-14/h5-10,18H,1-4H2. The molecule has 0 heterocycles. The van der Waals surface area contributed by atoms with Crippen LogP contribution in [-0.2, 0) is 22.7 Å². The first-order valence-electron chi connectivity index (χ1n) is 6.84. The molecule has 3 rings (SSSR count). The third-order valence-electron chi connectivity index (χ3n) is 3.84. The Balaban J connectivity index is 2.10. The highest BCUT2D eigenvalue weighted by Crippen LogP contribution is 2.32. The van der Waals surface area contributed by atoms with Crippen molar-refractivity contribution in [2.75, 3.05) is 0 Å². The molecule has 110 valence electrons. The Labute approximate surface area is 129 Å². The molecule has 0 radical (unpaired) electrons. The van der Waals surface area contributed by atoms with Gasteiger partial charge in [-0.25, -0.2) is 8.42 Å². The SMILES string of the molecule is O=S(=O)(c1ccc2c(c1)CCCC2)c1ccc(O)cc1Cl. The van der Waals surface area contributed by atoms with Crippen molar-refractivity contribution in [3.63, 3.8) is 0 Å². The van der Waals surface area contributed by atoms with Gasteiger partial charge in [0.25, 0.3) is 0 Å². The molecule has 0 saturated heterocycles. The number of fused-ring (bicyclic) bond motifs is 1. The zero-order valence-electron chi connectivity index (χ0n) is 11.3. The maximum absolute atomic E-state index is 12.7. The molecule has 0 bridgehead atoms. The van der Waals surface area contributed by atoms with Gasteiger partial charge >= 0.3 is 0 Å². The van der Waals surface area contributed by atoms with Crippen molar-refractivity contribution < 1.29 is 13.5 Å². The van der Waals surface area contributed by atoms with Gasteiger partial charge in [-0.05, 0) is 67.1 Å². The Morgan fingerprint density at radius 1 is 0.952 bits per heavy atom. The second-order valence-electron chi connectivity index (χ2n) is 5.26. The number of aryl methyl sites for hydroxylation is 2. The van der Waals surface area contributed by atoms with Gasteiger partial charge in [0.2, 0.25) is 9.84 Å². The summed E-state index contributed by atoms with van der Waals surface area (Å²) >= 11 is 5.97. The molecule has 3 nitrogen and oxygen atoms in total. The van der Waals surface area contributed by atoms with Crippen molar-refractivity contribution in [2.24, 2.45) is 0 Å². The Morgan fingerprint density at radius 3 is 2.38 bits per heavy atom. The fourth-order valence-electron chi connectivity index (χ4n) is 2.71. The number of phenols is 1. The van der Waals surface area contributed by atoms with Crippen molar-refractivity contribution in [3.8, 4) is 5.75 Å². The van der Waals surface area contributed by atoms with E-state index in [9.17, 15) is 13.5 Å². The van der Waals surface area contributed by atoms with Crippen LogP contribution in [0.15, 0.2) is 46.2 Å². The van der Waals surface area contributed by atoms with E-state index in [1.165, 1.54) is 23.8 Å². The second-order valence-corrected chi connectivity index (χ2v) is 7.58. The quantitative estimate of drug-likeness (QED) is 0.916. The molecule has 0 unspecified atom stereocenters. The Morgan fingerprint density at radius 2 is 1.67 bits per heavy atom. The molecular weight excluding hydrogens is 308 g/mol. The Bertz CT molecular complexity index is 797. The summed E-state index contributed by atoms with van der Waals surface area (Å²) in [5.74, 6) is -0.0515. The van der Waals surface area contributed by atoms with Crippen LogP contribution >= 0.6 is 11.6 Å². The first-order chi connectivity index (χ1) is 9.98. The largest absolute Gasteiger partial charge is 0.508 e. The summed E-state index contributed by atoms with van der Waals surface area (Å²) in [5.41, 5.74) is 2.34. The van der Waals surface area contributed by atoms with E-state index in [2.05, 4.69) is 0 Å². The smallest absolute Gasteiger partial charge is 0.208 e. The fraction of sp³-hybridized carbons (Fsp3) is 0.250. The van der Waals surface area contributed by atoms with Gasteiger partial charge in [0.15, 0.2) is 0 Å². The van der Waals surface area contributed by atoms with E-state index in [4.69, 9.17) is 11.6 Å². The van der Waals surface area contributed by atoms with Gasteiger partial charge in [-0.15, -0.1) is 0 Å². The average molecular weight is 323 g/mol. The van der Waals surface area contributed by atoms with Gasteiger partial charge in [-0.3, -0.25) is 0 Å². The number of phenolic OH excluding ortho intramolecular Hbond substituents is 1. The summed E-state index contributed by atoms with van der Waals surface area (Å²) in [6.07, 6.45) is 4.18. The third-order valence-corrected chi connectivity index (χ3v) is 6.07. The van der Waals surface area contributed by atoms with Gasteiger partial charge < -0.3 is 5.11 Å². The second kappa shape index (κ2) is 5.35. The van der Waals surface area contributed by atoms with E-state index in [1.54, 1.807) is 12.1 Å².